The minimum atomic E-state index is -0.724. The van der Waals surface area contributed by atoms with Crippen LogP contribution < -0.4 is 5.32 Å². The van der Waals surface area contributed by atoms with Crippen molar-refractivity contribution in [3.63, 3.8) is 0 Å². The van der Waals surface area contributed by atoms with Gasteiger partial charge in [0.2, 0.25) is 5.95 Å². The third-order valence-corrected chi connectivity index (χ3v) is 2.78. The first-order chi connectivity index (χ1) is 10.6. The lowest BCUT2D eigenvalue weighted by atomic mass is 10.2. The van der Waals surface area contributed by atoms with E-state index in [9.17, 15) is 14.5 Å². The van der Waals surface area contributed by atoms with E-state index in [1.54, 1.807) is 24.7 Å². The predicted octanol–water partition coefficient (Wildman–Crippen LogP) is 2.45. The first-order valence-electron chi connectivity index (χ1n) is 6.16. The molecule has 0 spiro atoms. The zero-order chi connectivity index (χ0) is 15.5. The van der Waals surface area contributed by atoms with Crippen LogP contribution in [0.4, 0.5) is 21.5 Å². The van der Waals surface area contributed by atoms with Gasteiger partial charge in [-0.3, -0.25) is 10.1 Å². The van der Waals surface area contributed by atoms with Crippen molar-refractivity contribution >= 4 is 17.1 Å². The fraction of sp³-hybridized carbons (Fsp3) is 0. The molecule has 0 amide bonds. The fourth-order valence-electron chi connectivity index (χ4n) is 1.78. The zero-order valence-electron chi connectivity index (χ0n) is 11.0. The van der Waals surface area contributed by atoms with Crippen LogP contribution in [0.1, 0.15) is 0 Å². The molecule has 0 saturated carbocycles. The average Bonchev–Trinajstić information content (AvgIpc) is 2.98. The van der Waals surface area contributed by atoms with E-state index >= 15 is 0 Å². The van der Waals surface area contributed by atoms with Crippen LogP contribution in [0.5, 0.6) is 0 Å². The van der Waals surface area contributed by atoms with E-state index in [0.717, 1.165) is 6.07 Å². The third-order valence-electron chi connectivity index (χ3n) is 2.78. The molecule has 0 radical (unpaired) electrons. The Balaban J connectivity index is 1.82. The summed E-state index contributed by atoms with van der Waals surface area (Å²) in [6.45, 7) is 0. The quantitative estimate of drug-likeness (QED) is 0.587. The molecular formula is C13H9FN6O2. The van der Waals surface area contributed by atoms with Crippen molar-refractivity contribution in [1.82, 2.24) is 19.7 Å². The van der Waals surface area contributed by atoms with Crippen LogP contribution >= 0.6 is 0 Å². The standard InChI is InChI=1S/C13H9FN6O2/c14-11-6-10(20(21)22)2-3-12(11)18-9-7-17-19(8-9)13-15-4-1-5-16-13/h1-8,18H. The van der Waals surface area contributed by atoms with Gasteiger partial charge in [-0.15, -0.1) is 0 Å². The number of nitrogens with zero attached hydrogens (tertiary/aromatic N) is 5. The van der Waals surface area contributed by atoms with Gasteiger partial charge in [-0.25, -0.2) is 19.0 Å². The van der Waals surface area contributed by atoms with Crippen LogP contribution in [-0.2, 0) is 0 Å². The van der Waals surface area contributed by atoms with Crippen molar-refractivity contribution in [3.05, 3.63) is 65.0 Å². The van der Waals surface area contributed by atoms with Crippen LogP contribution in [0, 0.1) is 15.9 Å². The lowest BCUT2D eigenvalue weighted by molar-refractivity contribution is -0.385. The van der Waals surface area contributed by atoms with Gasteiger partial charge in [-0.2, -0.15) is 5.10 Å². The Morgan fingerprint density at radius 2 is 2.05 bits per heavy atom. The number of rotatable bonds is 4. The average molecular weight is 300 g/mol. The number of hydrogen-bond acceptors (Lipinski definition) is 6. The second-order valence-electron chi connectivity index (χ2n) is 4.27. The van der Waals surface area contributed by atoms with E-state index < -0.39 is 10.7 Å². The lowest BCUT2D eigenvalue weighted by Gasteiger charge is -2.04. The van der Waals surface area contributed by atoms with Crippen molar-refractivity contribution in [2.45, 2.75) is 0 Å². The molecule has 0 saturated heterocycles. The Labute approximate surface area is 123 Å². The van der Waals surface area contributed by atoms with E-state index in [2.05, 4.69) is 20.4 Å². The first-order valence-corrected chi connectivity index (χ1v) is 6.16. The van der Waals surface area contributed by atoms with E-state index in [1.165, 1.54) is 23.0 Å². The summed E-state index contributed by atoms with van der Waals surface area (Å²) in [4.78, 5) is 18.0. The monoisotopic (exact) mass is 300 g/mol. The predicted molar refractivity (Wildman–Crippen MR) is 75.5 cm³/mol. The van der Waals surface area contributed by atoms with E-state index in [4.69, 9.17) is 0 Å². The molecule has 0 aliphatic carbocycles. The van der Waals surface area contributed by atoms with Gasteiger partial charge in [0.15, 0.2) is 5.82 Å². The Morgan fingerprint density at radius 3 is 2.73 bits per heavy atom. The Kier molecular flexibility index (Phi) is 3.44. The van der Waals surface area contributed by atoms with Crippen molar-refractivity contribution < 1.29 is 9.31 Å². The van der Waals surface area contributed by atoms with Gasteiger partial charge in [0.25, 0.3) is 5.69 Å². The number of nitrogens with one attached hydrogen (secondary N) is 1. The van der Waals surface area contributed by atoms with Crippen LogP contribution in [0.2, 0.25) is 0 Å². The molecule has 0 aliphatic heterocycles. The molecule has 3 rings (SSSR count). The van der Waals surface area contributed by atoms with E-state index in [1.807, 2.05) is 0 Å². The summed E-state index contributed by atoms with van der Waals surface area (Å²) in [5, 5.41) is 17.4. The Morgan fingerprint density at radius 1 is 1.27 bits per heavy atom. The highest BCUT2D eigenvalue weighted by Crippen LogP contribution is 2.23. The van der Waals surface area contributed by atoms with Gasteiger partial charge in [-0.05, 0) is 12.1 Å². The van der Waals surface area contributed by atoms with Gasteiger partial charge in [0.1, 0.15) is 0 Å². The van der Waals surface area contributed by atoms with E-state index in [-0.39, 0.29) is 11.4 Å². The molecular weight excluding hydrogens is 291 g/mol. The second-order valence-corrected chi connectivity index (χ2v) is 4.27. The molecule has 0 unspecified atom stereocenters. The maximum Gasteiger partial charge on any atom is 0.272 e. The highest BCUT2D eigenvalue weighted by molar-refractivity contribution is 5.60. The van der Waals surface area contributed by atoms with Crippen molar-refractivity contribution in [1.29, 1.82) is 0 Å². The van der Waals surface area contributed by atoms with Gasteiger partial charge >= 0.3 is 0 Å². The summed E-state index contributed by atoms with van der Waals surface area (Å²) >= 11 is 0. The minimum Gasteiger partial charge on any atom is -0.351 e. The van der Waals surface area contributed by atoms with Gasteiger partial charge in [-0.1, -0.05) is 0 Å². The van der Waals surface area contributed by atoms with Gasteiger partial charge in [0, 0.05) is 18.5 Å². The van der Waals surface area contributed by atoms with Crippen molar-refractivity contribution in [2.75, 3.05) is 5.32 Å². The molecule has 2 heterocycles. The zero-order valence-corrected chi connectivity index (χ0v) is 11.0. The molecule has 3 aromatic rings. The summed E-state index contributed by atoms with van der Waals surface area (Å²) in [7, 11) is 0. The molecule has 110 valence electrons. The van der Waals surface area contributed by atoms with Gasteiger partial charge in [0.05, 0.1) is 34.8 Å². The summed E-state index contributed by atoms with van der Waals surface area (Å²) in [6, 6.07) is 5.05. The molecule has 0 bridgehead atoms. The summed E-state index contributed by atoms with van der Waals surface area (Å²) in [5.74, 6) is -0.349. The summed E-state index contributed by atoms with van der Waals surface area (Å²) in [5.41, 5.74) is 0.302. The number of nitro groups is 1. The number of nitro benzene ring substituents is 1. The molecule has 0 aliphatic rings. The Bertz CT molecular complexity index is 820. The molecule has 9 heteroatoms. The number of halogens is 1. The van der Waals surface area contributed by atoms with Gasteiger partial charge < -0.3 is 5.32 Å². The maximum absolute atomic E-state index is 13.8. The molecule has 1 aromatic carbocycles. The summed E-state index contributed by atoms with van der Waals surface area (Å²) < 4.78 is 15.2. The van der Waals surface area contributed by atoms with Crippen LogP contribution in [-0.4, -0.2) is 24.7 Å². The maximum atomic E-state index is 13.8. The molecule has 22 heavy (non-hydrogen) atoms. The number of non-ortho nitro benzene ring substituents is 1. The number of hydrogen-bond donors (Lipinski definition) is 1. The van der Waals surface area contributed by atoms with Crippen molar-refractivity contribution in [2.24, 2.45) is 0 Å². The fourth-order valence-corrected chi connectivity index (χ4v) is 1.78. The normalized spacial score (nSPS) is 10.4. The topological polar surface area (TPSA) is 98.8 Å². The number of anilines is 2. The molecule has 2 aromatic heterocycles. The smallest absolute Gasteiger partial charge is 0.272 e. The molecule has 0 atom stereocenters. The number of benzene rings is 1. The van der Waals surface area contributed by atoms with E-state index in [0.29, 0.717) is 11.6 Å². The Hall–Kier alpha value is -3.36. The third kappa shape index (κ3) is 2.73. The minimum absolute atomic E-state index is 0.110. The number of aromatic nitrogens is 4. The largest absolute Gasteiger partial charge is 0.351 e. The summed E-state index contributed by atoms with van der Waals surface area (Å²) in [6.07, 6.45) is 6.20. The lowest BCUT2D eigenvalue weighted by Crippen LogP contribution is -2.00. The second kappa shape index (κ2) is 5.56. The molecule has 0 fully saturated rings. The van der Waals surface area contributed by atoms with Crippen LogP contribution in [0.15, 0.2) is 49.1 Å². The molecule has 1 N–H and O–H groups in total. The molecule has 8 nitrogen and oxygen atoms in total. The van der Waals surface area contributed by atoms with Crippen molar-refractivity contribution in [3.8, 4) is 5.95 Å². The highest BCUT2D eigenvalue weighted by Gasteiger charge is 2.11. The first kappa shape index (κ1) is 13.6. The SMILES string of the molecule is O=[N+]([O-])c1ccc(Nc2cnn(-c3ncccn3)c2)c(F)c1. The van der Waals surface area contributed by atoms with Crippen LogP contribution in [0.25, 0.3) is 5.95 Å². The highest BCUT2D eigenvalue weighted by atomic mass is 19.1. The van der Waals surface area contributed by atoms with Crippen LogP contribution in [0.3, 0.4) is 0 Å².